The number of para-hydroxylation sites is 1. The number of carbonyl (C=O) groups excluding carboxylic acids is 1. The number of benzene rings is 2. The fraction of sp³-hybridized carbons (Fsp3) is 0. The number of aromatic carboxylic acids is 1. The summed E-state index contributed by atoms with van der Waals surface area (Å²) in [5.41, 5.74) is 6.98. The Hall–Kier alpha value is -3.47. The number of carboxylic acids is 1. The van der Waals surface area contributed by atoms with Gasteiger partial charge in [0.1, 0.15) is 16.3 Å². The number of thiophene rings is 1. The third-order valence-corrected chi connectivity index (χ3v) is 5.93. The van der Waals surface area contributed by atoms with Crippen molar-refractivity contribution in [2.24, 2.45) is 5.14 Å². The van der Waals surface area contributed by atoms with E-state index in [0.717, 1.165) is 23.3 Å². The van der Waals surface area contributed by atoms with Gasteiger partial charge in [0.05, 0.1) is 0 Å². The Morgan fingerprint density at radius 3 is 2.67 bits per heavy atom. The van der Waals surface area contributed by atoms with Crippen LogP contribution < -0.4 is 16.2 Å². The number of aromatic hydroxyl groups is 1. The number of hydrogen-bond acceptors (Lipinski definition) is 8. The van der Waals surface area contributed by atoms with Gasteiger partial charge < -0.3 is 25.7 Å². The number of nitrogen functional groups attached to an aromatic ring is 1. The van der Waals surface area contributed by atoms with Crippen LogP contribution in [0.25, 0.3) is 22.3 Å². The number of phenolic OH excluding ortho intramolecular Hbond substituents is 1. The molecule has 0 radical (unpaired) electrons. The van der Waals surface area contributed by atoms with Gasteiger partial charge in [-0.25, -0.2) is 4.79 Å². The van der Waals surface area contributed by atoms with E-state index in [-0.39, 0.29) is 33.2 Å². The second-order valence-corrected chi connectivity index (χ2v) is 7.84. The molecular formula is C20H15N3O5S2. The molecular weight excluding hydrogens is 426 g/mol. The van der Waals surface area contributed by atoms with Crippen LogP contribution in [0.4, 0.5) is 10.7 Å². The van der Waals surface area contributed by atoms with Gasteiger partial charge in [-0.1, -0.05) is 12.1 Å². The molecule has 2 aromatic carbocycles. The van der Waals surface area contributed by atoms with Crippen molar-refractivity contribution in [1.82, 2.24) is 0 Å². The van der Waals surface area contributed by atoms with E-state index in [0.29, 0.717) is 21.5 Å². The van der Waals surface area contributed by atoms with Crippen LogP contribution in [-0.4, -0.2) is 22.1 Å². The third kappa shape index (κ3) is 3.47. The predicted octanol–water partition coefficient (Wildman–Crippen LogP) is 4.37. The van der Waals surface area contributed by atoms with Crippen LogP contribution in [0.3, 0.4) is 0 Å². The Morgan fingerprint density at radius 2 is 1.97 bits per heavy atom. The van der Waals surface area contributed by atoms with Crippen LogP contribution in [0, 0.1) is 0 Å². The maximum Gasteiger partial charge on any atom is 0.339 e. The number of fused-ring (bicyclic) bond motifs is 1. The molecule has 2 aromatic heterocycles. The fourth-order valence-corrected chi connectivity index (χ4v) is 4.31. The summed E-state index contributed by atoms with van der Waals surface area (Å²) in [5, 5.41) is 30.2. The average Bonchev–Trinajstić information content (AvgIpc) is 3.33. The summed E-state index contributed by atoms with van der Waals surface area (Å²) in [5.74, 6) is -1.49. The minimum Gasteiger partial charge on any atom is -0.504 e. The van der Waals surface area contributed by atoms with E-state index in [1.165, 1.54) is 18.2 Å². The molecule has 0 saturated heterocycles. The van der Waals surface area contributed by atoms with Crippen molar-refractivity contribution >= 4 is 56.8 Å². The molecule has 8 nitrogen and oxygen atoms in total. The first-order valence-electron chi connectivity index (χ1n) is 8.53. The highest BCUT2D eigenvalue weighted by Gasteiger charge is 2.24. The van der Waals surface area contributed by atoms with Crippen LogP contribution in [0.2, 0.25) is 0 Å². The summed E-state index contributed by atoms with van der Waals surface area (Å²) in [4.78, 5) is 25.1. The smallest absolute Gasteiger partial charge is 0.339 e. The first-order chi connectivity index (χ1) is 14.4. The largest absolute Gasteiger partial charge is 0.504 e. The lowest BCUT2D eigenvalue weighted by molar-refractivity contribution is 0.0699. The van der Waals surface area contributed by atoms with Crippen molar-refractivity contribution < 1.29 is 24.2 Å². The highest BCUT2D eigenvalue weighted by molar-refractivity contribution is 7.97. The first-order valence-corrected chi connectivity index (χ1v) is 10.3. The summed E-state index contributed by atoms with van der Waals surface area (Å²) < 4.78 is 5.67. The molecule has 0 saturated carbocycles. The molecule has 0 spiro atoms. The van der Waals surface area contributed by atoms with E-state index in [9.17, 15) is 19.8 Å². The SMILES string of the molecule is NSc1cc(C(=O)Nc2scc(-c3cc4cccc(O)c4o3)c2C(=O)O)ccc1N. The molecule has 4 aromatic rings. The Morgan fingerprint density at radius 1 is 1.17 bits per heavy atom. The van der Waals surface area contributed by atoms with Crippen LogP contribution in [0.5, 0.6) is 5.75 Å². The summed E-state index contributed by atoms with van der Waals surface area (Å²) >= 11 is 1.98. The molecule has 0 aliphatic carbocycles. The lowest BCUT2D eigenvalue weighted by atomic mass is 10.1. The van der Waals surface area contributed by atoms with Gasteiger partial charge in [0, 0.05) is 32.5 Å². The highest BCUT2D eigenvalue weighted by atomic mass is 32.2. The van der Waals surface area contributed by atoms with Gasteiger partial charge >= 0.3 is 5.97 Å². The van der Waals surface area contributed by atoms with Gasteiger partial charge in [0.25, 0.3) is 5.91 Å². The minimum absolute atomic E-state index is 0.0451. The number of furan rings is 1. The minimum atomic E-state index is -1.22. The van der Waals surface area contributed by atoms with E-state index in [2.05, 4.69) is 5.32 Å². The summed E-state index contributed by atoms with van der Waals surface area (Å²) in [6.45, 7) is 0. The second-order valence-electron chi connectivity index (χ2n) is 6.29. The van der Waals surface area contributed by atoms with Crippen molar-refractivity contribution in [3.05, 3.63) is 59.0 Å². The molecule has 1 amide bonds. The lowest BCUT2D eigenvalue weighted by Crippen LogP contribution is -2.14. The van der Waals surface area contributed by atoms with Gasteiger partial charge in [-0.2, -0.15) is 0 Å². The van der Waals surface area contributed by atoms with Crippen LogP contribution >= 0.6 is 23.3 Å². The number of carboxylic acid groups (broad SMARTS) is 1. The monoisotopic (exact) mass is 441 g/mol. The molecule has 0 aliphatic heterocycles. The van der Waals surface area contributed by atoms with Gasteiger partial charge in [-0.15, -0.1) is 11.3 Å². The second kappa shape index (κ2) is 7.75. The Balaban J connectivity index is 1.71. The molecule has 4 rings (SSSR count). The number of carbonyl (C=O) groups is 2. The van der Waals surface area contributed by atoms with Crippen molar-refractivity contribution in [1.29, 1.82) is 0 Å². The van der Waals surface area contributed by atoms with E-state index >= 15 is 0 Å². The topological polar surface area (TPSA) is 152 Å². The molecule has 152 valence electrons. The van der Waals surface area contributed by atoms with Gasteiger partial charge in [0.2, 0.25) is 0 Å². The summed E-state index contributed by atoms with van der Waals surface area (Å²) in [7, 11) is 0. The quantitative estimate of drug-likeness (QED) is 0.226. The number of phenols is 1. The number of amides is 1. The zero-order valence-corrected chi connectivity index (χ0v) is 16.8. The molecule has 10 heteroatoms. The fourth-order valence-electron chi connectivity index (χ4n) is 2.98. The number of nitrogens with one attached hydrogen (secondary N) is 1. The molecule has 0 atom stereocenters. The van der Waals surface area contributed by atoms with Crippen molar-refractivity contribution in [2.45, 2.75) is 4.90 Å². The maximum atomic E-state index is 12.7. The van der Waals surface area contributed by atoms with Crippen LogP contribution in [0.1, 0.15) is 20.7 Å². The molecule has 30 heavy (non-hydrogen) atoms. The highest BCUT2D eigenvalue weighted by Crippen LogP contribution is 2.40. The number of rotatable bonds is 5. The predicted molar refractivity (Wildman–Crippen MR) is 117 cm³/mol. The molecule has 0 fully saturated rings. The molecule has 2 heterocycles. The van der Waals surface area contributed by atoms with E-state index < -0.39 is 11.9 Å². The molecule has 0 unspecified atom stereocenters. The van der Waals surface area contributed by atoms with Crippen LogP contribution in [0.15, 0.2) is 57.2 Å². The summed E-state index contributed by atoms with van der Waals surface area (Å²) in [6.07, 6.45) is 0. The number of hydrogen-bond donors (Lipinski definition) is 5. The lowest BCUT2D eigenvalue weighted by Gasteiger charge is -2.08. The van der Waals surface area contributed by atoms with Gasteiger partial charge in [-0.3, -0.25) is 9.93 Å². The van der Waals surface area contributed by atoms with E-state index in [4.69, 9.17) is 15.3 Å². The Bertz CT molecular complexity index is 1300. The zero-order valence-electron chi connectivity index (χ0n) is 15.2. The molecule has 7 N–H and O–H groups in total. The Labute approximate surface area is 178 Å². The van der Waals surface area contributed by atoms with E-state index in [1.807, 2.05) is 0 Å². The van der Waals surface area contributed by atoms with Crippen LogP contribution in [-0.2, 0) is 0 Å². The number of nitrogens with two attached hydrogens (primary N) is 2. The Kier molecular flexibility index (Phi) is 5.12. The molecule has 0 bridgehead atoms. The van der Waals surface area contributed by atoms with E-state index in [1.54, 1.807) is 29.6 Å². The average molecular weight is 441 g/mol. The maximum absolute atomic E-state index is 12.7. The van der Waals surface area contributed by atoms with Gasteiger partial charge in [0.15, 0.2) is 11.3 Å². The number of anilines is 2. The standard InChI is InChI=1S/C20H15N3O5S2/c21-12-5-4-10(7-15(12)30-22)18(25)23-19-16(20(26)27)11(8-29-19)14-6-9-2-1-3-13(24)17(9)28-14/h1-8,24H,21-22H2,(H,23,25)(H,26,27). The molecule has 0 aliphatic rings. The third-order valence-electron chi connectivity index (χ3n) is 4.42. The van der Waals surface area contributed by atoms with Gasteiger partial charge in [-0.05, 0) is 42.3 Å². The normalized spacial score (nSPS) is 11.0. The van der Waals surface area contributed by atoms with Crippen molar-refractivity contribution in [3.63, 3.8) is 0 Å². The first kappa shape index (κ1) is 19.8. The zero-order chi connectivity index (χ0) is 21.4. The van der Waals surface area contributed by atoms with Crippen molar-refractivity contribution in [3.8, 4) is 17.1 Å². The summed E-state index contributed by atoms with van der Waals surface area (Å²) in [6, 6.07) is 11.1. The van der Waals surface area contributed by atoms with Crippen molar-refractivity contribution in [2.75, 3.05) is 11.1 Å².